The van der Waals surface area contributed by atoms with E-state index in [1.807, 2.05) is 23.1 Å². The van der Waals surface area contributed by atoms with Crippen LogP contribution in [0.15, 0.2) is 24.3 Å². The molecule has 7 nitrogen and oxygen atoms in total. The maximum Gasteiger partial charge on any atom is 0.314 e. The van der Waals surface area contributed by atoms with Gasteiger partial charge >= 0.3 is 6.03 Å². The number of urea groups is 1. The number of rotatable bonds is 5. The van der Waals surface area contributed by atoms with Crippen LogP contribution in [0.2, 0.25) is 0 Å². The smallest absolute Gasteiger partial charge is 0.314 e. The fraction of sp³-hybridized carbons (Fsp3) is 0.556. The van der Waals surface area contributed by atoms with Crippen molar-refractivity contribution in [1.82, 2.24) is 20.4 Å². The molecule has 0 spiro atoms. The van der Waals surface area contributed by atoms with Crippen molar-refractivity contribution in [3.63, 3.8) is 0 Å². The van der Waals surface area contributed by atoms with Gasteiger partial charge in [-0.2, -0.15) is 0 Å². The molecule has 2 heterocycles. The van der Waals surface area contributed by atoms with Gasteiger partial charge in [-0.1, -0.05) is 18.2 Å². The molecule has 1 aromatic rings. The monoisotopic (exact) mass is 346 g/mol. The summed E-state index contributed by atoms with van der Waals surface area (Å²) >= 11 is 0. The summed E-state index contributed by atoms with van der Waals surface area (Å²) in [4.78, 5) is 27.3. The number of fused-ring (bicyclic) bond motifs is 1. The zero-order valence-electron chi connectivity index (χ0n) is 14.7. The molecule has 0 saturated carbocycles. The molecule has 0 unspecified atom stereocenters. The number of carbonyl (C=O) groups excluding carboxylic acids is 2. The van der Waals surface area contributed by atoms with Gasteiger partial charge in [0.1, 0.15) is 11.9 Å². The summed E-state index contributed by atoms with van der Waals surface area (Å²) in [5, 5.41) is 5.75. The van der Waals surface area contributed by atoms with Crippen LogP contribution in [0.25, 0.3) is 0 Å². The third-order valence-electron chi connectivity index (χ3n) is 4.74. The number of nitrogens with zero attached hydrogens (tertiary/aromatic N) is 2. The summed E-state index contributed by atoms with van der Waals surface area (Å²) in [7, 11) is 0. The van der Waals surface area contributed by atoms with Crippen molar-refractivity contribution in [3.8, 4) is 5.75 Å². The predicted molar refractivity (Wildman–Crippen MR) is 94.7 cm³/mol. The molecule has 2 aliphatic heterocycles. The molecule has 7 heteroatoms. The Labute approximate surface area is 148 Å². The van der Waals surface area contributed by atoms with E-state index in [0.29, 0.717) is 13.1 Å². The van der Waals surface area contributed by atoms with Crippen LogP contribution in [-0.2, 0) is 11.2 Å². The number of amides is 3. The van der Waals surface area contributed by atoms with Gasteiger partial charge in [0, 0.05) is 52.6 Å². The highest BCUT2D eigenvalue weighted by Crippen LogP contribution is 2.27. The second-order valence-corrected chi connectivity index (χ2v) is 6.54. The highest BCUT2D eigenvalue weighted by atomic mass is 16.5. The quantitative estimate of drug-likeness (QED) is 0.812. The number of benzene rings is 1. The molecule has 1 aromatic carbocycles. The van der Waals surface area contributed by atoms with E-state index in [9.17, 15) is 9.59 Å². The first-order chi connectivity index (χ1) is 12.1. The topological polar surface area (TPSA) is 73.9 Å². The van der Waals surface area contributed by atoms with Crippen LogP contribution in [0.3, 0.4) is 0 Å². The van der Waals surface area contributed by atoms with Gasteiger partial charge in [-0.15, -0.1) is 0 Å². The molecule has 1 atom stereocenters. The van der Waals surface area contributed by atoms with Gasteiger partial charge in [0.25, 0.3) is 0 Å². The van der Waals surface area contributed by atoms with Gasteiger partial charge in [-0.3, -0.25) is 9.69 Å². The Balaban J connectivity index is 1.28. The molecule has 0 bridgehead atoms. The fourth-order valence-electron chi connectivity index (χ4n) is 3.25. The Morgan fingerprint density at radius 3 is 2.64 bits per heavy atom. The fourth-order valence-corrected chi connectivity index (χ4v) is 3.25. The van der Waals surface area contributed by atoms with E-state index in [0.717, 1.165) is 44.9 Å². The minimum Gasteiger partial charge on any atom is -0.488 e. The van der Waals surface area contributed by atoms with Gasteiger partial charge in [0.15, 0.2) is 0 Å². The van der Waals surface area contributed by atoms with Crippen LogP contribution in [0.5, 0.6) is 5.75 Å². The van der Waals surface area contributed by atoms with Crippen molar-refractivity contribution in [2.45, 2.75) is 19.4 Å². The first kappa shape index (κ1) is 17.5. The van der Waals surface area contributed by atoms with Crippen LogP contribution >= 0.6 is 0 Å². The molecule has 0 aliphatic carbocycles. The lowest BCUT2D eigenvalue weighted by Gasteiger charge is -2.34. The molecular weight excluding hydrogens is 320 g/mol. The first-order valence-electron chi connectivity index (χ1n) is 8.86. The number of ether oxygens (including phenoxy) is 1. The van der Waals surface area contributed by atoms with Crippen molar-refractivity contribution in [2.75, 3.05) is 45.8 Å². The average molecular weight is 346 g/mol. The molecule has 0 aromatic heterocycles. The molecule has 0 radical (unpaired) electrons. The van der Waals surface area contributed by atoms with Gasteiger partial charge < -0.3 is 20.3 Å². The Hall–Kier alpha value is -2.28. The summed E-state index contributed by atoms with van der Waals surface area (Å²) < 4.78 is 5.80. The van der Waals surface area contributed by atoms with E-state index in [4.69, 9.17) is 4.74 Å². The van der Waals surface area contributed by atoms with Crippen LogP contribution in [-0.4, -0.2) is 73.7 Å². The van der Waals surface area contributed by atoms with Crippen LogP contribution in [0.1, 0.15) is 12.5 Å². The van der Waals surface area contributed by atoms with Crippen molar-refractivity contribution < 1.29 is 14.3 Å². The van der Waals surface area contributed by atoms with Crippen molar-refractivity contribution in [2.24, 2.45) is 0 Å². The molecule has 2 N–H and O–H groups in total. The predicted octanol–water partition coefficient (Wildman–Crippen LogP) is 0.453. The second kappa shape index (κ2) is 8.20. The number of nitrogens with one attached hydrogen (secondary N) is 2. The standard InChI is InChI=1S/C18H26N4O3/c1-14(23)22-10-8-21(9-11-22)7-6-19-18(24)20-13-16-12-15-4-2-3-5-17(15)25-16/h2-5,16H,6-13H2,1H3,(H2,19,20,24)/t16-/m0/s1. The molecular formula is C18H26N4O3. The van der Waals surface area contributed by atoms with Crippen LogP contribution < -0.4 is 15.4 Å². The SMILES string of the molecule is CC(=O)N1CCN(CCNC(=O)NC[C@@H]2Cc3ccccc3O2)CC1. The van der Waals surface area contributed by atoms with Gasteiger partial charge in [0.2, 0.25) is 5.91 Å². The van der Waals surface area contributed by atoms with Gasteiger partial charge in [-0.25, -0.2) is 4.79 Å². The van der Waals surface area contributed by atoms with E-state index in [2.05, 4.69) is 21.6 Å². The third-order valence-corrected chi connectivity index (χ3v) is 4.74. The lowest BCUT2D eigenvalue weighted by molar-refractivity contribution is -0.130. The zero-order chi connectivity index (χ0) is 17.6. The summed E-state index contributed by atoms with van der Waals surface area (Å²) in [6, 6.07) is 7.81. The highest BCUT2D eigenvalue weighted by molar-refractivity contribution is 5.74. The summed E-state index contributed by atoms with van der Waals surface area (Å²) in [5.41, 5.74) is 1.19. The third kappa shape index (κ3) is 4.85. The van der Waals surface area contributed by atoms with E-state index in [-0.39, 0.29) is 18.0 Å². The Morgan fingerprint density at radius 2 is 1.92 bits per heavy atom. The van der Waals surface area contributed by atoms with Crippen LogP contribution in [0, 0.1) is 0 Å². The van der Waals surface area contributed by atoms with Crippen LogP contribution in [0.4, 0.5) is 4.79 Å². The molecule has 136 valence electrons. The molecule has 25 heavy (non-hydrogen) atoms. The Bertz CT molecular complexity index is 589. The molecule has 3 rings (SSSR count). The molecule has 1 fully saturated rings. The van der Waals surface area contributed by atoms with E-state index >= 15 is 0 Å². The number of carbonyl (C=O) groups is 2. The molecule has 3 amide bonds. The summed E-state index contributed by atoms with van der Waals surface area (Å²) in [5.74, 6) is 1.05. The van der Waals surface area contributed by atoms with E-state index in [1.54, 1.807) is 6.92 Å². The maximum absolute atomic E-state index is 11.9. The minimum absolute atomic E-state index is 0.00260. The van der Waals surface area contributed by atoms with E-state index in [1.165, 1.54) is 5.56 Å². The van der Waals surface area contributed by atoms with Crippen molar-refractivity contribution in [1.29, 1.82) is 0 Å². The number of piperazine rings is 1. The number of hydrogen-bond acceptors (Lipinski definition) is 4. The number of hydrogen-bond donors (Lipinski definition) is 2. The second-order valence-electron chi connectivity index (χ2n) is 6.54. The Morgan fingerprint density at radius 1 is 1.16 bits per heavy atom. The van der Waals surface area contributed by atoms with Gasteiger partial charge in [-0.05, 0) is 11.6 Å². The average Bonchev–Trinajstić information content (AvgIpc) is 3.03. The van der Waals surface area contributed by atoms with E-state index < -0.39 is 0 Å². The molecule has 2 aliphatic rings. The normalized spacial score (nSPS) is 19.9. The first-order valence-corrected chi connectivity index (χ1v) is 8.86. The highest BCUT2D eigenvalue weighted by Gasteiger charge is 2.22. The largest absolute Gasteiger partial charge is 0.488 e. The summed E-state index contributed by atoms with van der Waals surface area (Å²) in [6.45, 7) is 6.74. The zero-order valence-corrected chi connectivity index (χ0v) is 14.7. The minimum atomic E-state index is -0.165. The lowest BCUT2D eigenvalue weighted by Crippen LogP contribution is -2.50. The molecule has 1 saturated heterocycles. The number of para-hydroxylation sites is 1. The summed E-state index contributed by atoms with van der Waals surface area (Å²) in [6.07, 6.45) is 0.833. The van der Waals surface area contributed by atoms with Crippen molar-refractivity contribution in [3.05, 3.63) is 29.8 Å². The Kier molecular flexibility index (Phi) is 5.75. The maximum atomic E-state index is 11.9. The lowest BCUT2D eigenvalue weighted by atomic mass is 10.1. The van der Waals surface area contributed by atoms with Gasteiger partial charge in [0.05, 0.1) is 6.54 Å². The van der Waals surface area contributed by atoms with Crippen molar-refractivity contribution >= 4 is 11.9 Å².